The van der Waals surface area contributed by atoms with Crippen molar-refractivity contribution in [2.45, 2.75) is 34.8 Å². The van der Waals surface area contributed by atoms with Gasteiger partial charge in [0.05, 0.1) is 40.8 Å². The van der Waals surface area contributed by atoms with Crippen LogP contribution in [0, 0.1) is 0 Å². The molecule has 2 aromatic carbocycles. The third kappa shape index (κ3) is 5.31. The Morgan fingerprint density at radius 2 is 1.97 bits per heavy atom. The van der Waals surface area contributed by atoms with Crippen LogP contribution in [0.5, 0.6) is 11.5 Å². The first-order chi connectivity index (χ1) is 15.2. The zero-order valence-electron chi connectivity index (χ0n) is 17.7. The summed E-state index contributed by atoms with van der Waals surface area (Å²) < 4.78 is 35.9. The molecule has 1 aliphatic rings. The van der Waals surface area contributed by atoms with Gasteiger partial charge in [-0.15, -0.1) is 11.8 Å². The van der Waals surface area contributed by atoms with E-state index in [-0.39, 0.29) is 33.2 Å². The van der Waals surface area contributed by atoms with E-state index in [1.54, 1.807) is 12.1 Å². The molecule has 0 aliphatic carbocycles. The first kappa shape index (κ1) is 24.2. The highest BCUT2D eigenvalue weighted by molar-refractivity contribution is 8.01. The predicted octanol–water partition coefficient (Wildman–Crippen LogP) is 3.98. The Bertz CT molecular complexity index is 1150. The Morgan fingerprint density at radius 1 is 1.22 bits per heavy atom. The first-order valence-corrected chi connectivity index (χ1v) is 12.6. The average molecular weight is 499 g/mol. The molecule has 8 nitrogen and oxygen atoms in total. The summed E-state index contributed by atoms with van der Waals surface area (Å²) in [5, 5.41) is 5.35. The van der Waals surface area contributed by atoms with E-state index in [1.165, 1.54) is 44.2 Å². The van der Waals surface area contributed by atoms with Gasteiger partial charge >= 0.3 is 0 Å². The highest BCUT2D eigenvalue weighted by Crippen LogP contribution is 2.39. The summed E-state index contributed by atoms with van der Waals surface area (Å²) in [6.07, 6.45) is 0.387. The molecule has 0 aromatic heterocycles. The quantitative estimate of drug-likeness (QED) is 0.566. The normalized spacial score (nSPS) is 15.5. The highest BCUT2D eigenvalue weighted by Gasteiger charge is 2.27. The Kier molecular flexibility index (Phi) is 7.58. The molecule has 0 spiro atoms. The second-order valence-electron chi connectivity index (χ2n) is 6.97. The fourth-order valence-electron chi connectivity index (χ4n) is 3.10. The lowest BCUT2D eigenvalue weighted by Gasteiger charge is -2.23. The van der Waals surface area contributed by atoms with E-state index in [4.69, 9.17) is 21.1 Å². The number of halogens is 1. The zero-order valence-corrected chi connectivity index (χ0v) is 20.1. The summed E-state index contributed by atoms with van der Waals surface area (Å²) in [6.45, 7) is 1.92. The van der Waals surface area contributed by atoms with Crippen molar-refractivity contribution in [2.24, 2.45) is 0 Å². The minimum atomic E-state index is -3.76. The molecule has 32 heavy (non-hydrogen) atoms. The summed E-state index contributed by atoms with van der Waals surface area (Å²) in [6, 6.07) is 7.67. The molecule has 1 heterocycles. The number of carbonyl (C=O) groups excluding carboxylic acids is 2. The standard InChI is InChI=1S/C21H23ClN2O6S2/c1-4-17-21(26)23-15-11-13(5-6-18(15)31-17)32(27,28)8-7-19(25)24-20-14(22)9-12(29-2)10-16(20)30-3/h5-6,9-11,17H,4,7-8H2,1-3H3,(H,23,26)(H,24,25)/t17-/m1/s1. The molecule has 0 fully saturated rings. The topological polar surface area (TPSA) is 111 Å². The third-order valence-electron chi connectivity index (χ3n) is 4.85. The van der Waals surface area contributed by atoms with Crippen LogP contribution in [-0.2, 0) is 19.4 Å². The zero-order chi connectivity index (χ0) is 23.5. The molecule has 0 radical (unpaired) electrons. The van der Waals surface area contributed by atoms with E-state index < -0.39 is 21.5 Å². The number of fused-ring (bicyclic) bond motifs is 1. The number of thioether (sulfide) groups is 1. The first-order valence-electron chi connectivity index (χ1n) is 9.74. The average Bonchev–Trinajstić information content (AvgIpc) is 2.77. The van der Waals surface area contributed by atoms with Crippen molar-refractivity contribution in [1.82, 2.24) is 0 Å². The maximum absolute atomic E-state index is 12.8. The van der Waals surface area contributed by atoms with Crippen LogP contribution in [0.3, 0.4) is 0 Å². The number of rotatable bonds is 8. The number of benzene rings is 2. The van der Waals surface area contributed by atoms with E-state index >= 15 is 0 Å². The minimum absolute atomic E-state index is 0.0416. The Morgan fingerprint density at radius 3 is 2.62 bits per heavy atom. The van der Waals surface area contributed by atoms with Crippen molar-refractivity contribution in [2.75, 3.05) is 30.6 Å². The van der Waals surface area contributed by atoms with E-state index in [0.717, 1.165) is 4.90 Å². The fraction of sp³-hybridized carbons (Fsp3) is 0.333. The fourth-order valence-corrected chi connectivity index (χ4v) is 5.63. The Labute approximate surface area is 195 Å². The van der Waals surface area contributed by atoms with Crippen LogP contribution >= 0.6 is 23.4 Å². The summed E-state index contributed by atoms with van der Waals surface area (Å²) in [7, 11) is -0.869. The second-order valence-corrected chi connectivity index (χ2v) is 10.7. The number of sulfone groups is 1. The van der Waals surface area contributed by atoms with Crippen LogP contribution < -0.4 is 20.1 Å². The number of ether oxygens (including phenoxy) is 2. The van der Waals surface area contributed by atoms with Gasteiger partial charge in [0.25, 0.3) is 0 Å². The number of amides is 2. The summed E-state index contributed by atoms with van der Waals surface area (Å²) in [4.78, 5) is 25.4. The molecular weight excluding hydrogens is 476 g/mol. The molecule has 172 valence electrons. The maximum atomic E-state index is 12.8. The van der Waals surface area contributed by atoms with Gasteiger partial charge in [-0.25, -0.2) is 8.42 Å². The van der Waals surface area contributed by atoms with Crippen LogP contribution in [0.2, 0.25) is 5.02 Å². The van der Waals surface area contributed by atoms with E-state index in [0.29, 0.717) is 23.6 Å². The van der Waals surface area contributed by atoms with Crippen molar-refractivity contribution >= 4 is 56.4 Å². The number of hydrogen-bond donors (Lipinski definition) is 2. The lowest BCUT2D eigenvalue weighted by Crippen LogP contribution is -2.28. The van der Waals surface area contributed by atoms with Crippen LogP contribution in [0.4, 0.5) is 11.4 Å². The molecule has 2 N–H and O–H groups in total. The number of hydrogen-bond acceptors (Lipinski definition) is 7. The maximum Gasteiger partial charge on any atom is 0.237 e. The number of carbonyl (C=O) groups is 2. The van der Waals surface area contributed by atoms with Gasteiger partial charge in [-0.05, 0) is 24.6 Å². The summed E-state index contributed by atoms with van der Waals surface area (Å²) in [5.41, 5.74) is 0.696. The van der Waals surface area contributed by atoms with Crippen molar-refractivity contribution in [3.8, 4) is 11.5 Å². The van der Waals surface area contributed by atoms with E-state index in [1.807, 2.05) is 6.92 Å². The lowest BCUT2D eigenvalue weighted by atomic mass is 10.2. The van der Waals surface area contributed by atoms with Crippen LogP contribution in [0.25, 0.3) is 0 Å². The molecule has 1 aliphatic heterocycles. The molecule has 0 saturated heterocycles. The molecule has 3 rings (SSSR count). The van der Waals surface area contributed by atoms with Crippen molar-refractivity contribution in [3.63, 3.8) is 0 Å². The van der Waals surface area contributed by atoms with Crippen molar-refractivity contribution < 1.29 is 27.5 Å². The highest BCUT2D eigenvalue weighted by atomic mass is 35.5. The smallest absolute Gasteiger partial charge is 0.237 e. The molecular formula is C21H23ClN2O6S2. The van der Waals surface area contributed by atoms with Gasteiger partial charge in [0.15, 0.2) is 9.84 Å². The molecule has 0 unspecified atom stereocenters. The van der Waals surface area contributed by atoms with Gasteiger partial charge in [-0.1, -0.05) is 18.5 Å². The monoisotopic (exact) mass is 498 g/mol. The molecule has 0 saturated carbocycles. The van der Waals surface area contributed by atoms with Crippen molar-refractivity contribution in [1.29, 1.82) is 0 Å². The minimum Gasteiger partial charge on any atom is -0.497 e. The number of anilines is 2. The van der Waals surface area contributed by atoms with Gasteiger partial charge in [0.2, 0.25) is 11.8 Å². The van der Waals surface area contributed by atoms with Crippen LogP contribution in [-0.4, -0.2) is 45.5 Å². The summed E-state index contributed by atoms with van der Waals surface area (Å²) in [5.74, 6) is -0.350. The largest absolute Gasteiger partial charge is 0.497 e. The SMILES string of the molecule is CC[C@H]1Sc2ccc(S(=O)(=O)CCC(=O)Nc3c(Cl)cc(OC)cc3OC)cc2NC1=O. The molecule has 0 bridgehead atoms. The molecule has 2 amide bonds. The van der Waals surface area contributed by atoms with E-state index in [9.17, 15) is 18.0 Å². The molecule has 11 heteroatoms. The second kappa shape index (κ2) is 10.0. The predicted molar refractivity (Wildman–Crippen MR) is 125 cm³/mol. The van der Waals surface area contributed by atoms with Crippen molar-refractivity contribution in [3.05, 3.63) is 35.4 Å². The molecule has 2 aromatic rings. The van der Waals surface area contributed by atoms with Gasteiger partial charge in [-0.3, -0.25) is 9.59 Å². The number of methoxy groups -OCH3 is 2. The lowest BCUT2D eigenvalue weighted by molar-refractivity contribution is -0.116. The van der Waals surface area contributed by atoms with Gasteiger partial charge < -0.3 is 20.1 Å². The van der Waals surface area contributed by atoms with Gasteiger partial charge in [-0.2, -0.15) is 0 Å². The molecule has 1 atom stereocenters. The van der Waals surface area contributed by atoms with Gasteiger partial charge in [0.1, 0.15) is 17.2 Å². The number of nitrogens with one attached hydrogen (secondary N) is 2. The van der Waals surface area contributed by atoms with Crippen LogP contribution in [0.15, 0.2) is 40.1 Å². The Balaban J connectivity index is 1.70. The van der Waals surface area contributed by atoms with Crippen LogP contribution in [0.1, 0.15) is 19.8 Å². The van der Waals surface area contributed by atoms with E-state index in [2.05, 4.69) is 10.6 Å². The third-order valence-corrected chi connectivity index (χ3v) is 8.30. The van der Waals surface area contributed by atoms with Gasteiger partial charge in [0, 0.05) is 23.4 Å². The Hall–Kier alpha value is -2.43. The summed E-state index contributed by atoms with van der Waals surface area (Å²) >= 11 is 7.60.